The van der Waals surface area contributed by atoms with Gasteiger partial charge in [0, 0.05) is 18.4 Å². The van der Waals surface area contributed by atoms with Crippen molar-refractivity contribution in [2.75, 3.05) is 0 Å². The molecule has 0 bridgehead atoms. The van der Waals surface area contributed by atoms with E-state index in [1.807, 2.05) is 29.1 Å². The van der Waals surface area contributed by atoms with Gasteiger partial charge in [-0.15, -0.1) is 0 Å². The summed E-state index contributed by atoms with van der Waals surface area (Å²) in [6, 6.07) is 9.23. The molecule has 0 spiro atoms. The molecule has 1 saturated carbocycles. The molecule has 6 nitrogen and oxygen atoms in total. The number of carbonyl (C=O) groups excluding carboxylic acids is 2. The molecule has 1 N–H and O–H groups in total. The fourth-order valence-corrected chi connectivity index (χ4v) is 3.00. The Kier molecular flexibility index (Phi) is 5.48. The molecule has 0 saturated heterocycles. The lowest BCUT2D eigenvalue weighted by Gasteiger charge is -2.17. The highest BCUT2D eigenvalue weighted by Gasteiger charge is 2.23. The molecular weight excluding hydrogens is 318 g/mol. The minimum Gasteiger partial charge on any atom is -0.449 e. The van der Waals surface area contributed by atoms with Gasteiger partial charge in [-0.25, -0.2) is 4.79 Å². The van der Waals surface area contributed by atoms with Crippen molar-refractivity contribution in [3.63, 3.8) is 0 Å². The zero-order valence-electron chi connectivity index (χ0n) is 14.4. The third-order valence-electron chi connectivity index (χ3n) is 4.45. The minimum absolute atomic E-state index is 0.218. The quantitative estimate of drug-likeness (QED) is 0.820. The zero-order valence-corrected chi connectivity index (χ0v) is 14.4. The second-order valence-electron chi connectivity index (χ2n) is 6.44. The van der Waals surface area contributed by atoms with Crippen LogP contribution in [0.4, 0.5) is 0 Å². The first kappa shape index (κ1) is 17.2. The normalized spacial score (nSPS) is 15.7. The molecule has 132 valence electrons. The molecule has 3 rings (SSSR count). The van der Waals surface area contributed by atoms with Crippen molar-refractivity contribution in [3.05, 3.63) is 53.9 Å². The van der Waals surface area contributed by atoms with Gasteiger partial charge in [-0.1, -0.05) is 25.0 Å². The van der Waals surface area contributed by atoms with Gasteiger partial charge in [0.15, 0.2) is 6.10 Å². The largest absolute Gasteiger partial charge is 0.449 e. The first-order chi connectivity index (χ1) is 12.1. The van der Waals surface area contributed by atoms with Crippen LogP contribution in [0, 0.1) is 0 Å². The number of hydrogen-bond donors (Lipinski definition) is 1. The van der Waals surface area contributed by atoms with Gasteiger partial charge < -0.3 is 10.1 Å². The summed E-state index contributed by atoms with van der Waals surface area (Å²) in [6.45, 7) is 2.25. The maximum absolute atomic E-state index is 12.2. The van der Waals surface area contributed by atoms with Crippen LogP contribution >= 0.6 is 0 Å². The number of esters is 1. The third kappa shape index (κ3) is 4.68. The topological polar surface area (TPSA) is 73.2 Å². The Morgan fingerprint density at radius 3 is 2.64 bits per heavy atom. The van der Waals surface area contributed by atoms with E-state index in [-0.39, 0.29) is 11.9 Å². The van der Waals surface area contributed by atoms with Crippen molar-refractivity contribution in [2.45, 2.75) is 51.3 Å². The average Bonchev–Trinajstić information content (AvgIpc) is 3.29. The molecule has 1 aromatic heterocycles. The lowest BCUT2D eigenvalue weighted by atomic mass is 10.1. The second kappa shape index (κ2) is 7.96. The number of rotatable bonds is 6. The predicted octanol–water partition coefficient (Wildman–Crippen LogP) is 2.54. The van der Waals surface area contributed by atoms with Gasteiger partial charge in [-0.05, 0) is 43.5 Å². The van der Waals surface area contributed by atoms with Gasteiger partial charge in [0.1, 0.15) is 0 Å². The standard InChI is InChI=1S/C19H23N3O3/c1-14(18(23)21-17-5-2-3-6-17)25-19(24)16-9-7-15(8-10-16)13-22-12-4-11-20-22/h4,7-12,14,17H,2-3,5-6,13H2,1H3,(H,21,23). The summed E-state index contributed by atoms with van der Waals surface area (Å²) < 4.78 is 7.09. The third-order valence-corrected chi connectivity index (χ3v) is 4.45. The Hall–Kier alpha value is -2.63. The molecule has 1 fully saturated rings. The summed E-state index contributed by atoms with van der Waals surface area (Å²) in [5, 5.41) is 7.09. The van der Waals surface area contributed by atoms with Gasteiger partial charge in [-0.3, -0.25) is 9.48 Å². The Morgan fingerprint density at radius 2 is 2.00 bits per heavy atom. The summed E-state index contributed by atoms with van der Waals surface area (Å²) in [5.41, 5.74) is 1.47. The summed E-state index contributed by atoms with van der Waals surface area (Å²) in [5.74, 6) is -0.713. The van der Waals surface area contributed by atoms with Crippen LogP contribution < -0.4 is 5.32 Å². The maximum atomic E-state index is 12.2. The van der Waals surface area contributed by atoms with Crippen LogP contribution in [0.15, 0.2) is 42.7 Å². The molecule has 25 heavy (non-hydrogen) atoms. The number of ether oxygens (including phenoxy) is 1. The Morgan fingerprint density at radius 1 is 1.28 bits per heavy atom. The number of nitrogens with zero attached hydrogens (tertiary/aromatic N) is 2. The highest BCUT2D eigenvalue weighted by Crippen LogP contribution is 2.18. The van der Waals surface area contributed by atoms with Crippen LogP contribution in [-0.4, -0.2) is 33.8 Å². The molecule has 1 aromatic carbocycles. The average molecular weight is 341 g/mol. The Bertz CT molecular complexity index is 704. The molecule has 1 aliphatic carbocycles. The number of aromatic nitrogens is 2. The molecule has 1 aliphatic rings. The molecular formula is C19H23N3O3. The van der Waals surface area contributed by atoms with Crippen molar-refractivity contribution in [1.29, 1.82) is 0 Å². The number of carbonyl (C=O) groups is 2. The van der Waals surface area contributed by atoms with E-state index in [2.05, 4.69) is 10.4 Å². The van der Waals surface area contributed by atoms with E-state index in [0.29, 0.717) is 12.1 Å². The van der Waals surface area contributed by atoms with E-state index in [4.69, 9.17) is 4.74 Å². The molecule has 0 aliphatic heterocycles. The Labute approximate surface area is 147 Å². The van der Waals surface area contributed by atoms with Gasteiger partial charge in [-0.2, -0.15) is 5.10 Å². The van der Waals surface area contributed by atoms with E-state index in [9.17, 15) is 9.59 Å². The SMILES string of the molecule is CC(OC(=O)c1ccc(Cn2cccn2)cc1)C(=O)NC1CCCC1. The van der Waals surface area contributed by atoms with Crippen LogP contribution in [0.3, 0.4) is 0 Å². The smallest absolute Gasteiger partial charge is 0.338 e. The van der Waals surface area contributed by atoms with Crippen LogP contribution in [-0.2, 0) is 16.1 Å². The highest BCUT2D eigenvalue weighted by atomic mass is 16.5. The minimum atomic E-state index is -0.795. The first-order valence-electron chi connectivity index (χ1n) is 8.69. The lowest BCUT2D eigenvalue weighted by Crippen LogP contribution is -2.40. The molecule has 2 aromatic rings. The van der Waals surface area contributed by atoms with Crippen LogP contribution in [0.5, 0.6) is 0 Å². The molecule has 0 radical (unpaired) electrons. The van der Waals surface area contributed by atoms with Gasteiger partial charge >= 0.3 is 5.97 Å². The number of amides is 1. The van der Waals surface area contributed by atoms with Crippen LogP contribution in [0.2, 0.25) is 0 Å². The monoisotopic (exact) mass is 341 g/mol. The second-order valence-corrected chi connectivity index (χ2v) is 6.44. The predicted molar refractivity (Wildman–Crippen MR) is 93.0 cm³/mol. The van der Waals surface area contributed by atoms with Crippen LogP contribution in [0.25, 0.3) is 0 Å². The molecule has 1 heterocycles. The van der Waals surface area contributed by atoms with E-state index >= 15 is 0 Å². The van der Waals surface area contributed by atoms with Crippen molar-refractivity contribution < 1.29 is 14.3 Å². The molecule has 1 unspecified atom stereocenters. The molecule has 6 heteroatoms. The summed E-state index contributed by atoms with van der Waals surface area (Å²) in [4.78, 5) is 24.3. The van der Waals surface area contributed by atoms with E-state index in [1.165, 1.54) is 0 Å². The first-order valence-corrected chi connectivity index (χ1v) is 8.69. The van der Waals surface area contributed by atoms with E-state index in [1.54, 1.807) is 25.3 Å². The molecule has 1 amide bonds. The van der Waals surface area contributed by atoms with Crippen molar-refractivity contribution >= 4 is 11.9 Å². The zero-order chi connectivity index (χ0) is 17.6. The lowest BCUT2D eigenvalue weighted by molar-refractivity contribution is -0.129. The van der Waals surface area contributed by atoms with Gasteiger partial charge in [0.2, 0.25) is 0 Å². The maximum Gasteiger partial charge on any atom is 0.338 e. The summed E-state index contributed by atoms with van der Waals surface area (Å²) in [6.07, 6.45) is 7.11. The summed E-state index contributed by atoms with van der Waals surface area (Å²) >= 11 is 0. The van der Waals surface area contributed by atoms with Gasteiger partial charge in [0.25, 0.3) is 5.91 Å². The molecule has 1 atom stereocenters. The fraction of sp³-hybridized carbons (Fsp3) is 0.421. The van der Waals surface area contributed by atoms with Crippen molar-refractivity contribution in [2.24, 2.45) is 0 Å². The highest BCUT2D eigenvalue weighted by molar-refractivity contribution is 5.92. The number of hydrogen-bond acceptors (Lipinski definition) is 4. The Balaban J connectivity index is 1.52. The van der Waals surface area contributed by atoms with Crippen LogP contribution in [0.1, 0.15) is 48.5 Å². The number of benzene rings is 1. The van der Waals surface area contributed by atoms with E-state index in [0.717, 1.165) is 31.2 Å². The van der Waals surface area contributed by atoms with E-state index < -0.39 is 12.1 Å². The fourth-order valence-electron chi connectivity index (χ4n) is 3.00. The number of nitrogens with one attached hydrogen (secondary N) is 1. The van der Waals surface area contributed by atoms with Crippen molar-refractivity contribution in [3.8, 4) is 0 Å². The van der Waals surface area contributed by atoms with Gasteiger partial charge in [0.05, 0.1) is 12.1 Å². The van der Waals surface area contributed by atoms with Crippen molar-refractivity contribution in [1.82, 2.24) is 15.1 Å². The summed E-state index contributed by atoms with van der Waals surface area (Å²) in [7, 11) is 0.